The van der Waals surface area contributed by atoms with Gasteiger partial charge in [-0.15, -0.1) is 0 Å². The predicted molar refractivity (Wildman–Crippen MR) is 86.8 cm³/mol. The molecule has 0 saturated carbocycles. The molecule has 0 unspecified atom stereocenters. The van der Waals surface area contributed by atoms with E-state index in [1.165, 1.54) is 12.7 Å². The molecule has 0 amide bonds. The Morgan fingerprint density at radius 1 is 1.10 bits per heavy atom. The molecule has 1 N–H and O–H groups in total. The highest BCUT2D eigenvalue weighted by molar-refractivity contribution is 9.10. The molecule has 2 rings (SSSR count). The number of carbonyl (C=O) groups is 1. The van der Waals surface area contributed by atoms with Crippen molar-refractivity contribution in [2.75, 3.05) is 7.11 Å². The average molecular weight is 348 g/mol. The third kappa shape index (κ3) is 4.99. The molecular weight excluding hydrogens is 330 g/mol. The van der Waals surface area contributed by atoms with E-state index >= 15 is 0 Å². The topological polar surface area (TPSA) is 38.3 Å². The van der Waals surface area contributed by atoms with E-state index in [2.05, 4.69) is 33.4 Å². The van der Waals surface area contributed by atoms with Crippen molar-refractivity contribution in [2.45, 2.75) is 19.5 Å². The molecule has 3 nitrogen and oxygen atoms in total. The lowest BCUT2D eigenvalue weighted by Gasteiger charge is -2.10. The lowest BCUT2D eigenvalue weighted by Crippen LogP contribution is -2.15. The number of halogens is 1. The van der Waals surface area contributed by atoms with Crippen LogP contribution in [-0.2, 0) is 29.0 Å². The second-order valence-corrected chi connectivity index (χ2v) is 5.67. The van der Waals surface area contributed by atoms with Crippen LogP contribution in [0.1, 0.15) is 16.7 Å². The average Bonchev–Trinajstić information content (AvgIpc) is 2.49. The minimum atomic E-state index is -0.213. The highest BCUT2D eigenvalue weighted by atomic mass is 79.9. The van der Waals surface area contributed by atoms with Crippen LogP contribution < -0.4 is 5.32 Å². The summed E-state index contributed by atoms with van der Waals surface area (Å²) in [5, 5.41) is 3.40. The molecule has 0 spiro atoms. The normalized spacial score (nSPS) is 10.4. The minimum absolute atomic E-state index is 0.213. The molecule has 0 aromatic heterocycles. The largest absolute Gasteiger partial charge is 0.469 e. The zero-order valence-corrected chi connectivity index (χ0v) is 13.5. The van der Waals surface area contributed by atoms with Crippen LogP contribution in [0, 0.1) is 0 Å². The molecule has 21 heavy (non-hydrogen) atoms. The van der Waals surface area contributed by atoms with Crippen LogP contribution in [-0.4, -0.2) is 13.1 Å². The highest BCUT2D eigenvalue weighted by Crippen LogP contribution is 2.13. The number of benzene rings is 2. The Morgan fingerprint density at radius 3 is 2.57 bits per heavy atom. The molecule has 4 heteroatoms. The molecule has 0 saturated heterocycles. The first-order valence-electron chi connectivity index (χ1n) is 6.78. The number of ether oxygens (including phenoxy) is 1. The van der Waals surface area contributed by atoms with Crippen molar-refractivity contribution in [3.8, 4) is 0 Å². The number of carbonyl (C=O) groups excluding carboxylic acids is 1. The number of hydrogen-bond acceptors (Lipinski definition) is 3. The predicted octanol–water partition coefficient (Wildman–Crippen LogP) is 3.45. The fraction of sp³-hybridized carbons (Fsp3) is 0.235. The van der Waals surface area contributed by atoms with Gasteiger partial charge in [0, 0.05) is 17.6 Å². The molecule has 0 bridgehead atoms. The fourth-order valence-electron chi connectivity index (χ4n) is 2.12. The number of methoxy groups -OCH3 is 1. The zero-order valence-electron chi connectivity index (χ0n) is 11.9. The maximum Gasteiger partial charge on any atom is 0.309 e. The zero-order chi connectivity index (χ0) is 15.1. The van der Waals surface area contributed by atoms with Crippen molar-refractivity contribution in [1.29, 1.82) is 0 Å². The summed E-state index contributed by atoms with van der Waals surface area (Å²) in [6.45, 7) is 1.51. The van der Waals surface area contributed by atoms with Gasteiger partial charge in [-0.2, -0.15) is 0 Å². The summed E-state index contributed by atoms with van der Waals surface area (Å²) in [5.41, 5.74) is 3.35. The molecule has 0 aliphatic heterocycles. The smallest absolute Gasteiger partial charge is 0.309 e. The maximum atomic E-state index is 11.4. The van der Waals surface area contributed by atoms with Gasteiger partial charge in [0.25, 0.3) is 0 Å². The summed E-state index contributed by atoms with van der Waals surface area (Å²) in [6, 6.07) is 16.1. The van der Waals surface area contributed by atoms with E-state index in [0.717, 1.165) is 28.7 Å². The number of rotatable bonds is 6. The van der Waals surface area contributed by atoms with Crippen molar-refractivity contribution >= 4 is 21.9 Å². The molecule has 0 heterocycles. The van der Waals surface area contributed by atoms with Crippen LogP contribution >= 0.6 is 15.9 Å². The molecule has 2 aromatic rings. The summed E-state index contributed by atoms with van der Waals surface area (Å²) in [6.07, 6.45) is 0.311. The van der Waals surface area contributed by atoms with Gasteiger partial charge in [0.1, 0.15) is 0 Å². The van der Waals surface area contributed by atoms with Gasteiger partial charge in [0.2, 0.25) is 0 Å². The van der Waals surface area contributed by atoms with Crippen LogP contribution in [0.3, 0.4) is 0 Å². The van der Waals surface area contributed by atoms with E-state index in [-0.39, 0.29) is 5.97 Å². The molecule has 0 aliphatic rings. The van der Waals surface area contributed by atoms with Gasteiger partial charge in [-0.3, -0.25) is 4.79 Å². The molecule has 110 valence electrons. The van der Waals surface area contributed by atoms with Gasteiger partial charge >= 0.3 is 5.97 Å². The first-order chi connectivity index (χ1) is 10.2. The quantitative estimate of drug-likeness (QED) is 0.813. The molecule has 0 fully saturated rings. The lowest BCUT2D eigenvalue weighted by molar-refractivity contribution is -0.139. The molecular formula is C17H18BrNO2. The van der Waals surface area contributed by atoms with Crippen LogP contribution in [0.4, 0.5) is 0 Å². The summed E-state index contributed by atoms with van der Waals surface area (Å²) in [7, 11) is 1.41. The van der Waals surface area contributed by atoms with Crippen molar-refractivity contribution in [2.24, 2.45) is 0 Å². The van der Waals surface area contributed by atoms with Crippen LogP contribution in [0.15, 0.2) is 53.0 Å². The SMILES string of the molecule is COC(=O)Cc1ccccc1CNCc1cccc(Br)c1. The Bertz CT molecular complexity index is 613. The van der Waals surface area contributed by atoms with Gasteiger partial charge < -0.3 is 10.1 Å². The molecule has 2 aromatic carbocycles. The second-order valence-electron chi connectivity index (χ2n) is 4.76. The van der Waals surface area contributed by atoms with Gasteiger partial charge in [-0.05, 0) is 28.8 Å². The Balaban J connectivity index is 1.95. The first-order valence-corrected chi connectivity index (χ1v) is 7.57. The third-order valence-electron chi connectivity index (χ3n) is 3.21. The van der Waals surface area contributed by atoms with E-state index in [1.54, 1.807) is 0 Å². The van der Waals surface area contributed by atoms with E-state index in [4.69, 9.17) is 4.74 Å². The van der Waals surface area contributed by atoms with Gasteiger partial charge in [0.15, 0.2) is 0 Å². The summed E-state index contributed by atoms with van der Waals surface area (Å²) in [5.74, 6) is -0.213. The Hall–Kier alpha value is -1.65. The fourth-order valence-corrected chi connectivity index (χ4v) is 2.57. The highest BCUT2D eigenvalue weighted by Gasteiger charge is 2.07. The van der Waals surface area contributed by atoms with E-state index in [9.17, 15) is 4.79 Å². The van der Waals surface area contributed by atoms with Gasteiger partial charge in [-0.1, -0.05) is 52.3 Å². The summed E-state index contributed by atoms with van der Waals surface area (Å²) < 4.78 is 5.81. The Morgan fingerprint density at radius 2 is 1.86 bits per heavy atom. The van der Waals surface area contributed by atoms with Gasteiger partial charge in [0.05, 0.1) is 13.5 Å². The van der Waals surface area contributed by atoms with Gasteiger partial charge in [-0.25, -0.2) is 0 Å². The van der Waals surface area contributed by atoms with E-state index < -0.39 is 0 Å². The second kappa shape index (κ2) is 7.96. The van der Waals surface area contributed by atoms with Crippen LogP contribution in [0.2, 0.25) is 0 Å². The summed E-state index contributed by atoms with van der Waals surface area (Å²) in [4.78, 5) is 11.4. The maximum absolute atomic E-state index is 11.4. The minimum Gasteiger partial charge on any atom is -0.469 e. The van der Waals surface area contributed by atoms with Crippen LogP contribution in [0.5, 0.6) is 0 Å². The molecule has 0 aliphatic carbocycles. The number of esters is 1. The van der Waals surface area contributed by atoms with Crippen molar-refractivity contribution in [1.82, 2.24) is 5.32 Å². The van der Waals surface area contributed by atoms with Crippen molar-refractivity contribution in [3.63, 3.8) is 0 Å². The number of hydrogen-bond donors (Lipinski definition) is 1. The van der Waals surface area contributed by atoms with Crippen molar-refractivity contribution < 1.29 is 9.53 Å². The van der Waals surface area contributed by atoms with Crippen LogP contribution in [0.25, 0.3) is 0 Å². The third-order valence-corrected chi connectivity index (χ3v) is 3.71. The summed E-state index contributed by atoms with van der Waals surface area (Å²) >= 11 is 3.47. The Labute approximate surface area is 133 Å². The molecule has 0 atom stereocenters. The monoisotopic (exact) mass is 347 g/mol. The number of nitrogens with one attached hydrogen (secondary N) is 1. The lowest BCUT2D eigenvalue weighted by atomic mass is 10.0. The van der Waals surface area contributed by atoms with E-state index in [1.807, 2.05) is 36.4 Å². The Kier molecular flexibility index (Phi) is 5.96. The van der Waals surface area contributed by atoms with E-state index in [0.29, 0.717) is 6.42 Å². The first kappa shape index (κ1) is 15.7. The standard InChI is InChI=1S/C17H18BrNO2/c1-21-17(20)10-14-6-2-3-7-15(14)12-19-11-13-5-4-8-16(18)9-13/h2-9,19H,10-12H2,1H3. The van der Waals surface area contributed by atoms with Crippen molar-refractivity contribution in [3.05, 3.63) is 69.7 Å². The molecule has 0 radical (unpaired) electrons.